The van der Waals surface area contributed by atoms with Crippen LogP contribution in [0.5, 0.6) is 0 Å². The minimum absolute atomic E-state index is 0.421. The van der Waals surface area contributed by atoms with E-state index in [4.69, 9.17) is 9.84 Å². The Labute approximate surface area is 126 Å². The van der Waals surface area contributed by atoms with Crippen LogP contribution in [0.3, 0.4) is 0 Å². The maximum atomic E-state index is 5.72. The Balaban J connectivity index is 1.77. The molecule has 2 heterocycles. The number of hydrogen-bond donors (Lipinski definition) is 1. The second kappa shape index (κ2) is 6.58. The summed E-state index contributed by atoms with van der Waals surface area (Å²) in [6.45, 7) is 7.01. The number of nitrogens with one attached hydrogen (secondary N) is 1. The fourth-order valence-electron chi connectivity index (χ4n) is 2.94. The number of nitrogens with zero attached hydrogens (tertiary/aromatic N) is 2. The van der Waals surface area contributed by atoms with Crippen molar-refractivity contribution in [2.24, 2.45) is 0 Å². The Morgan fingerprint density at radius 3 is 3.00 bits per heavy atom. The van der Waals surface area contributed by atoms with Gasteiger partial charge in [0.1, 0.15) is 0 Å². The monoisotopic (exact) mass is 287 g/mol. The van der Waals surface area contributed by atoms with E-state index >= 15 is 0 Å². The van der Waals surface area contributed by atoms with E-state index in [0.29, 0.717) is 12.1 Å². The van der Waals surface area contributed by atoms with Crippen molar-refractivity contribution >= 4 is 10.9 Å². The lowest BCUT2D eigenvalue weighted by Gasteiger charge is -2.09. The maximum Gasteiger partial charge on any atom is 0.0841 e. The van der Waals surface area contributed by atoms with E-state index in [-0.39, 0.29) is 0 Å². The first-order valence-corrected chi connectivity index (χ1v) is 8.03. The second-order valence-electron chi connectivity index (χ2n) is 6.15. The molecule has 0 amide bonds. The minimum atomic E-state index is 0.421. The lowest BCUT2D eigenvalue weighted by molar-refractivity contribution is 0.0997. The molecule has 1 aromatic carbocycles. The first-order chi connectivity index (χ1) is 10.2. The Hall–Kier alpha value is -1.39. The van der Waals surface area contributed by atoms with Gasteiger partial charge in [0.25, 0.3) is 0 Å². The summed E-state index contributed by atoms with van der Waals surface area (Å²) >= 11 is 0. The number of hydrogen-bond acceptors (Lipinski definition) is 3. The average molecular weight is 287 g/mol. The molecule has 3 rings (SSSR count). The van der Waals surface area contributed by atoms with E-state index in [1.807, 2.05) is 0 Å². The summed E-state index contributed by atoms with van der Waals surface area (Å²) in [5, 5.41) is 9.55. The number of rotatable bonds is 6. The summed E-state index contributed by atoms with van der Waals surface area (Å²) in [4.78, 5) is 0. The van der Waals surface area contributed by atoms with Crippen LogP contribution in [0.2, 0.25) is 0 Å². The normalized spacial score (nSPS) is 18.9. The molecule has 1 saturated heterocycles. The maximum absolute atomic E-state index is 5.72. The second-order valence-corrected chi connectivity index (χ2v) is 6.15. The highest BCUT2D eigenvalue weighted by Crippen LogP contribution is 2.21. The molecule has 4 nitrogen and oxygen atoms in total. The zero-order valence-electron chi connectivity index (χ0n) is 13.0. The van der Waals surface area contributed by atoms with Gasteiger partial charge in [0, 0.05) is 31.1 Å². The number of aromatic nitrogens is 2. The Kier molecular flexibility index (Phi) is 4.56. The molecule has 21 heavy (non-hydrogen) atoms. The van der Waals surface area contributed by atoms with Crippen LogP contribution >= 0.6 is 0 Å². The third-order valence-electron chi connectivity index (χ3n) is 4.10. The average Bonchev–Trinajstić information content (AvgIpc) is 3.11. The lowest BCUT2D eigenvalue weighted by atomic mass is 10.2. The smallest absolute Gasteiger partial charge is 0.0841 e. The summed E-state index contributed by atoms with van der Waals surface area (Å²) in [5.74, 6) is 0. The fraction of sp³-hybridized carbons (Fsp3) is 0.588. The van der Waals surface area contributed by atoms with E-state index in [9.17, 15) is 0 Å². The van der Waals surface area contributed by atoms with E-state index in [1.54, 1.807) is 0 Å². The van der Waals surface area contributed by atoms with Crippen LogP contribution in [0.25, 0.3) is 10.9 Å². The van der Waals surface area contributed by atoms with E-state index < -0.39 is 0 Å². The molecule has 1 atom stereocenters. The molecule has 1 fully saturated rings. The summed E-state index contributed by atoms with van der Waals surface area (Å²) in [7, 11) is 0. The molecule has 0 aliphatic carbocycles. The highest BCUT2D eigenvalue weighted by molar-refractivity contribution is 5.81. The summed E-state index contributed by atoms with van der Waals surface area (Å²) < 4.78 is 7.87. The minimum Gasteiger partial charge on any atom is -0.378 e. The van der Waals surface area contributed by atoms with Gasteiger partial charge in [0.15, 0.2) is 0 Å². The van der Waals surface area contributed by atoms with Crippen molar-refractivity contribution in [2.75, 3.05) is 6.61 Å². The van der Waals surface area contributed by atoms with Crippen molar-refractivity contribution < 1.29 is 4.74 Å². The highest BCUT2D eigenvalue weighted by Gasteiger charge is 2.17. The van der Waals surface area contributed by atoms with Crippen LogP contribution in [0.1, 0.15) is 38.8 Å². The van der Waals surface area contributed by atoms with Gasteiger partial charge in [0.2, 0.25) is 0 Å². The van der Waals surface area contributed by atoms with Gasteiger partial charge in [-0.25, -0.2) is 0 Å². The third-order valence-corrected chi connectivity index (χ3v) is 4.10. The fourth-order valence-corrected chi connectivity index (χ4v) is 2.94. The molecule has 1 aliphatic heterocycles. The Bertz CT molecular complexity index is 585. The molecule has 2 aromatic rings. The van der Waals surface area contributed by atoms with E-state index in [0.717, 1.165) is 31.8 Å². The molecule has 0 radical (unpaired) electrons. The molecular weight excluding hydrogens is 262 g/mol. The van der Waals surface area contributed by atoms with Gasteiger partial charge in [-0.2, -0.15) is 5.10 Å². The Morgan fingerprint density at radius 1 is 1.38 bits per heavy atom. The van der Waals surface area contributed by atoms with Gasteiger partial charge in [-0.1, -0.05) is 32.0 Å². The van der Waals surface area contributed by atoms with Crippen LogP contribution < -0.4 is 5.32 Å². The van der Waals surface area contributed by atoms with Crippen molar-refractivity contribution in [1.82, 2.24) is 15.1 Å². The number of fused-ring (bicyclic) bond motifs is 1. The molecule has 114 valence electrons. The van der Waals surface area contributed by atoms with Gasteiger partial charge in [-0.3, -0.25) is 4.68 Å². The largest absolute Gasteiger partial charge is 0.378 e. The lowest BCUT2D eigenvalue weighted by Crippen LogP contribution is -2.22. The topological polar surface area (TPSA) is 39.1 Å². The molecule has 1 aliphatic rings. The summed E-state index contributed by atoms with van der Waals surface area (Å²) in [6.07, 6.45) is 3.88. The van der Waals surface area contributed by atoms with Gasteiger partial charge < -0.3 is 10.1 Å². The van der Waals surface area contributed by atoms with E-state index in [2.05, 4.69) is 48.1 Å². The Morgan fingerprint density at radius 2 is 2.24 bits per heavy atom. The number of ether oxygens (including phenoxy) is 1. The highest BCUT2D eigenvalue weighted by atomic mass is 16.5. The predicted octanol–water partition coefficient (Wildman–Crippen LogP) is 3.10. The van der Waals surface area contributed by atoms with Crippen LogP contribution in [0.4, 0.5) is 0 Å². The molecule has 1 unspecified atom stereocenters. The third kappa shape index (κ3) is 3.44. The first-order valence-electron chi connectivity index (χ1n) is 8.03. The quantitative estimate of drug-likeness (QED) is 0.887. The van der Waals surface area contributed by atoms with Gasteiger partial charge in [-0.05, 0) is 25.3 Å². The summed E-state index contributed by atoms with van der Waals surface area (Å²) in [6, 6.07) is 8.99. The number of benzene rings is 1. The van der Waals surface area contributed by atoms with Crippen LogP contribution in [0, 0.1) is 0 Å². The van der Waals surface area contributed by atoms with Crippen molar-refractivity contribution in [3.05, 3.63) is 30.0 Å². The van der Waals surface area contributed by atoms with E-state index in [1.165, 1.54) is 23.7 Å². The number of para-hydroxylation sites is 1. The van der Waals surface area contributed by atoms with Crippen molar-refractivity contribution in [1.29, 1.82) is 0 Å². The summed E-state index contributed by atoms with van der Waals surface area (Å²) in [5.41, 5.74) is 2.38. The van der Waals surface area contributed by atoms with Crippen molar-refractivity contribution in [3.8, 4) is 0 Å². The number of aryl methyl sites for hydroxylation is 1. The standard InChI is InChI=1S/C17H25N3O/c1-13(2)18-12-16-15-7-3-4-8-17(15)20(19-16)10-9-14-6-5-11-21-14/h3-4,7-8,13-14,18H,5-6,9-12H2,1-2H3. The molecule has 0 saturated carbocycles. The van der Waals surface area contributed by atoms with Gasteiger partial charge >= 0.3 is 0 Å². The predicted molar refractivity (Wildman–Crippen MR) is 85.3 cm³/mol. The zero-order valence-corrected chi connectivity index (χ0v) is 13.0. The molecule has 0 bridgehead atoms. The zero-order chi connectivity index (χ0) is 14.7. The van der Waals surface area contributed by atoms with Crippen LogP contribution in [0.15, 0.2) is 24.3 Å². The molecule has 1 aromatic heterocycles. The van der Waals surface area contributed by atoms with Crippen molar-refractivity contribution in [2.45, 2.75) is 58.3 Å². The first kappa shape index (κ1) is 14.5. The molecule has 4 heteroatoms. The molecule has 1 N–H and O–H groups in total. The van der Waals surface area contributed by atoms with Crippen molar-refractivity contribution in [3.63, 3.8) is 0 Å². The molecular formula is C17H25N3O. The van der Waals surface area contributed by atoms with Gasteiger partial charge in [0.05, 0.1) is 17.3 Å². The molecule has 0 spiro atoms. The SMILES string of the molecule is CC(C)NCc1nn(CCC2CCCO2)c2ccccc12. The van der Waals surface area contributed by atoms with Crippen LogP contribution in [-0.2, 0) is 17.8 Å². The van der Waals surface area contributed by atoms with Crippen LogP contribution in [-0.4, -0.2) is 28.5 Å². The van der Waals surface area contributed by atoms with Gasteiger partial charge in [-0.15, -0.1) is 0 Å².